The lowest BCUT2D eigenvalue weighted by atomic mass is 9.97. The number of anilines is 1. The van der Waals surface area contributed by atoms with Crippen molar-refractivity contribution in [3.05, 3.63) is 81.2 Å². The van der Waals surface area contributed by atoms with Gasteiger partial charge in [-0.05, 0) is 30.3 Å². The Morgan fingerprint density at radius 2 is 1.93 bits per heavy atom. The van der Waals surface area contributed by atoms with Crippen molar-refractivity contribution in [2.45, 2.75) is 6.04 Å². The van der Waals surface area contributed by atoms with Crippen LogP contribution in [0.2, 0.25) is 0 Å². The van der Waals surface area contributed by atoms with Gasteiger partial charge in [0.2, 0.25) is 5.76 Å². The van der Waals surface area contributed by atoms with Crippen LogP contribution in [-0.4, -0.2) is 25.1 Å². The molecule has 2 aromatic carbocycles. The van der Waals surface area contributed by atoms with Gasteiger partial charge in [0.1, 0.15) is 23.1 Å². The molecule has 4 aromatic rings. The van der Waals surface area contributed by atoms with Crippen LogP contribution in [-0.2, 0) is 0 Å². The van der Waals surface area contributed by atoms with Crippen molar-refractivity contribution in [2.24, 2.45) is 0 Å². The minimum Gasteiger partial charge on any atom is -0.497 e. The van der Waals surface area contributed by atoms with Crippen molar-refractivity contribution in [3.63, 3.8) is 0 Å². The molecule has 0 fully saturated rings. The van der Waals surface area contributed by atoms with Gasteiger partial charge >= 0.3 is 0 Å². The molecule has 0 saturated heterocycles. The van der Waals surface area contributed by atoms with Gasteiger partial charge in [0.05, 0.1) is 25.2 Å². The number of ether oxygens (including phenoxy) is 2. The number of nitrogens with zero attached hydrogens (tertiary/aromatic N) is 2. The number of carbonyl (C=O) groups is 1. The standard InChI is InChI=1S/C22H16N2O5S/c1-27-12-7-8-15(28-2)14(11-12)18-17-19(25)13-5-3-4-6-16(13)29-20(17)21(26)24(18)22-23-9-10-30-22/h3-11,18H,1-2H3/t18-/m0/s1. The summed E-state index contributed by atoms with van der Waals surface area (Å²) in [5.74, 6) is 0.702. The Morgan fingerprint density at radius 3 is 2.67 bits per heavy atom. The Kier molecular flexibility index (Phi) is 4.29. The third-order valence-corrected chi connectivity index (χ3v) is 5.91. The van der Waals surface area contributed by atoms with Crippen LogP contribution >= 0.6 is 11.3 Å². The normalized spacial score (nSPS) is 15.5. The van der Waals surface area contributed by atoms with Crippen LogP contribution in [0.1, 0.15) is 27.7 Å². The zero-order chi connectivity index (χ0) is 20.8. The predicted molar refractivity (Wildman–Crippen MR) is 113 cm³/mol. The molecular weight excluding hydrogens is 404 g/mol. The van der Waals surface area contributed by atoms with Gasteiger partial charge in [-0.2, -0.15) is 0 Å². The first kappa shape index (κ1) is 18.4. The topological polar surface area (TPSA) is 81.9 Å². The number of para-hydroxylation sites is 1. The van der Waals surface area contributed by atoms with Crippen LogP contribution in [0.4, 0.5) is 5.13 Å². The fourth-order valence-corrected chi connectivity index (χ4v) is 4.47. The highest BCUT2D eigenvalue weighted by Crippen LogP contribution is 2.45. The Balaban J connectivity index is 1.86. The van der Waals surface area contributed by atoms with Gasteiger partial charge in [-0.1, -0.05) is 12.1 Å². The van der Waals surface area contributed by atoms with Crippen molar-refractivity contribution >= 4 is 33.3 Å². The highest BCUT2D eigenvalue weighted by molar-refractivity contribution is 7.13. The van der Waals surface area contributed by atoms with Crippen LogP contribution in [0.3, 0.4) is 0 Å². The second-order valence-corrected chi connectivity index (χ2v) is 7.54. The molecule has 0 saturated carbocycles. The molecule has 2 aromatic heterocycles. The summed E-state index contributed by atoms with van der Waals surface area (Å²) in [4.78, 5) is 32.7. The van der Waals surface area contributed by atoms with E-state index in [0.717, 1.165) is 0 Å². The van der Waals surface area contributed by atoms with E-state index in [9.17, 15) is 9.59 Å². The van der Waals surface area contributed by atoms with Gasteiger partial charge < -0.3 is 13.9 Å². The van der Waals surface area contributed by atoms with Gasteiger partial charge in [0.15, 0.2) is 10.6 Å². The summed E-state index contributed by atoms with van der Waals surface area (Å²) < 4.78 is 16.9. The highest BCUT2D eigenvalue weighted by Gasteiger charge is 2.45. The first-order valence-corrected chi connectivity index (χ1v) is 10.0. The smallest absolute Gasteiger partial charge is 0.297 e. The average molecular weight is 420 g/mol. The van der Waals surface area contributed by atoms with Gasteiger partial charge in [-0.3, -0.25) is 14.5 Å². The zero-order valence-electron chi connectivity index (χ0n) is 16.1. The number of thiazole rings is 1. The number of methoxy groups -OCH3 is 2. The number of fused-ring (bicyclic) bond motifs is 2. The molecule has 0 unspecified atom stereocenters. The minimum absolute atomic E-state index is 0.0174. The molecule has 30 heavy (non-hydrogen) atoms. The van der Waals surface area contributed by atoms with Crippen molar-refractivity contribution in [1.29, 1.82) is 0 Å². The van der Waals surface area contributed by atoms with Crippen molar-refractivity contribution in [3.8, 4) is 11.5 Å². The van der Waals surface area contributed by atoms with Crippen LogP contribution in [0.15, 0.2) is 63.3 Å². The third kappa shape index (κ3) is 2.61. The molecule has 0 N–H and O–H groups in total. The molecule has 8 heteroatoms. The van der Waals surface area contributed by atoms with Gasteiger partial charge in [-0.25, -0.2) is 4.98 Å². The molecule has 0 bridgehead atoms. The van der Waals surface area contributed by atoms with Crippen LogP contribution in [0.25, 0.3) is 11.0 Å². The Morgan fingerprint density at radius 1 is 1.10 bits per heavy atom. The molecule has 1 amide bonds. The summed E-state index contributed by atoms with van der Waals surface area (Å²) in [6.45, 7) is 0. The number of hydrogen-bond acceptors (Lipinski definition) is 7. The summed E-state index contributed by atoms with van der Waals surface area (Å²) >= 11 is 1.30. The largest absolute Gasteiger partial charge is 0.497 e. The molecule has 1 aliphatic heterocycles. The molecule has 7 nitrogen and oxygen atoms in total. The number of benzene rings is 2. The first-order valence-electron chi connectivity index (χ1n) is 9.14. The monoisotopic (exact) mass is 420 g/mol. The Labute approximate surface area is 175 Å². The van der Waals surface area contributed by atoms with E-state index in [1.54, 1.807) is 68.3 Å². The maximum absolute atomic E-state index is 13.5. The van der Waals surface area contributed by atoms with Gasteiger partial charge in [-0.15, -0.1) is 11.3 Å². The zero-order valence-corrected chi connectivity index (χ0v) is 16.9. The van der Waals surface area contributed by atoms with Crippen LogP contribution < -0.4 is 19.8 Å². The molecule has 1 atom stereocenters. The van der Waals surface area contributed by atoms with Crippen LogP contribution in [0.5, 0.6) is 11.5 Å². The maximum Gasteiger partial charge on any atom is 0.297 e. The number of hydrogen-bond donors (Lipinski definition) is 0. The van der Waals surface area contributed by atoms with Gasteiger partial charge in [0, 0.05) is 17.1 Å². The van der Waals surface area contributed by atoms with E-state index in [1.165, 1.54) is 16.2 Å². The second-order valence-electron chi connectivity index (χ2n) is 6.67. The molecular formula is C22H16N2O5S. The SMILES string of the molecule is COc1ccc(OC)c([C@H]2c3c(oc4ccccc4c3=O)C(=O)N2c2nccs2)c1. The summed E-state index contributed by atoms with van der Waals surface area (Å²) in [6.07, 6.45) is 1.61. The summed E-state index contributed by atoms with van der Waals surface area (Å²) in [6, 6.07) is 11.4. The van der Waals surface area contributed by atoms with E-state index in [4.69, 9.17) is 13.9 Å². The van der Waals surface area contributed by atoms with E-state index < -0.39 is 11.9 Å². The fourth-order valence-electron chi connectivity index (χ4n) is 3.80. The summed E-state index contributed by atoms with van der Waals surface area (Å²) in [7, 11) is 3.10. The van der Waals surface area contributed by atoms with E-state index >= 15 is 0 Å². The molecule has 5 rings (SSSR count). The highest BCUT2D eigenvalue weighted by atomic mass is 32.1. The quantitative estimate of drug-likeness (QED) is 0.496. The molecule has 150 valence electrons. The maximum atomic E-state index is 13.5. The van der Waals surface area contributed by atoms with Crippen LogP contribution in [0, 0.1) is 0 Å². The molecule has 3 heterocycles. The van der Waals surface area contributed by atoms with Crippen molar-refractivity contribution in [2.75, 3.05) is 19.1 Å². The molecule has 1 aliphatic rings. The lowest BCUT2D eigenvalue weighted by molar-refractivity contribution is 0.0970. The summed E-state index contributed by atoms with van der Waals surface area (Å²) in [5, 5.41) is 2.65. The van der Waals surface area contributed by atoms with E-state index in [0.29, 0.717) is 33.2 Å². The first-order chi connectivity index (χ1) is 14.6. The Hall–Kier alpha value is -3.65. The lowest BCUT2D eigenvalue weighted by Crippen LogP contribution is -2.29. The number of carbonyl (C=O) groups excluding carboxylic acids is 1. The fraction of sp³-hybridized carbons (Fsp3) is 0.136. The Bertz CT molecular complexity index is 1330. The number of aromatic nitrogens is 1. The number of amides is 1. The summed E-state index contributed by atoms with van der Waals surface area (Å²) in [5.41, 5.74) is 0.989. The van der Waals surface area contributed by atoms with Crippen molar-refractivity contribution < 1.29 is 18.7 Å². The molecule has 0 radical (unpaired) electrons. The van der Waals surface area contributed by atoms with E-state index in [2.05, 4.69) is 4.98 Å². The lowest BCUT2D eigenvalue weighted by Gasteiger charge is -2.24. The van der Waals surface area contributed by atoms with E-state index in [-0.39, 0.29) is 16.8 Å². The average Bonchev–Trinajstić information content (AvgIpc) is 3.40. The number of rotatable bonds is 4. The third-order valence-electron chi connectivity index (χ3n) is 5.13. The van der Waals surface area contributed by atoms with E-state index in [1.807, 2.05) is 0 Å². The predicted octanol–water partition coefficient (Wildman–Crippen LogP) is 4.02. The second kappa shape index (κ2) is 7.00. The molecule has 0 spiro atoms. The molecule has 0 aliphatic carbocycles. The minimum atomic E-state index is -0.760. The van der Waals surface area contributed by atoms with Gasteiger partial charge in [0.25, 0.3) is 5.91 Å². The van der Waals surface area contributed by atoms with Crippen molar-refractivity contribution in [1.82, 2.24) is 4.98 Å².